The van der Waals surface area contributed by atoms with Crippen LogP contribution in [0.5, 0.6) is 0 Å². The molecule has 128 valence electrons. The van der Waals surface area contributed by atoms with Crippen molar-refractivity contribution in [3.63, 3.8) is 0 Å². The topological polar surface area (TPSA) is 36.9 Å². The van der Waals surface area contributed by atoms with E-state index < -0.39 is 31.6 Å². The molecule has 16 heteroatoms. The lowest BCUT2D eigenvalue weighted by Gasteiger charge is -2.32. The second kappa shape index (κ2) is 5.65. The Morgan fingerprint density at radius 1 is 0.333 bits per heavy atom. The van der Waals surface area contributed by atoms with Crippen molar-refractivity contribution in [1.29, 1.82) is 0 Å². The van der Waals surface area contributed by atoms with E-state index in [9.17, 15) is 52.7 Å². The Bertz CT molecular complexity index is 266. The summed E-state index contributed by atoms with van der Waals surface area (Å²) in [6.45, 7) is 0. The van der Waals surface area contributed by atoms with Crippen molar-refractivity contribution >= 4 is 0 Å². The summed E-state index contributed by atoms with van der Waals surface area (Å²) in [5.74, 6) is 0. The molecule has 0 rings (SSSR count). The molecule has 0 fully saturated rings. The van der Waals surface area contributed by atoms with Crippen molar-refractivity contribution in [2.45, 2.75) is 31.6 Å². The van der Waals surface area contributed by atoms with Crippen molar-refractivity contribution in [1.82, 2.24) is 0 Å². The van der Waals surface area contributed by atoms with Gasteiger partial charge in [-0.3, -0.25) is 0 Å². The Kier molecular flexibility index (Phi) is 5.38. The summed E-state index contributed by atoms with van der Waals surface area (Å²) in [6, 6.07) is 0. The van der Waals surface area contributed by atoms with Crippen molar-refractivity contribution in [2.75, 3.05) is 0 Å². The van der Waals surface area contributed by atoms with E-state index in [4.69, 9.17) is 0 Å². The molecule has 0 aliphatic rings. The SMILES string of the molecule is FC(F)(F)OC(OC(F)(F)F)(OC(F)(F)F)OC(F)(F)F. The number of rotatable bonds is 4. The molecule has 0 N–H and O–H groups in total. The van der Waals surface area contributed by atoms with Gasteiger partial charge in [0.05, 0.1) is 0 Å². The summed E-state index contributed by atoms with van der Waals surface area (Å²) < 4.78 is 148. The summed E-state index contributed by atoms with van der Waals surface area (Å²) in [5, 5.41) is 0. The molecule has 0 aromatic heterocycles. The molecule has 0 saturated carbocycles. The Labute approximate surface area is 105 Å². The predicted molar refractivity (Wildman–Crippen MR) is 31.3 cm³/mol. The summed E-state index contributed by atoms with van der Waals surface area (Å²) in [5.41, 5.74) is 0. The highest BCUT2D eigenvalue weighted by Gasteiger charge is 2.63. The predicted octanol–water partition coefficient (Wildman–Crippen LogP) is 3.74. The van der Waals surface area contributed by atoms with Crippen LogP contribution in [0, 0.1) is 0 Å². The largest absolute Gasteiger partial charge is 0.528 e. The lowest BCUT2D eigenvalue weighted by Crippen LogP contribution is -2.54. The van der Waals surface area contributed by atoms with Crippen LogP contribution in [-0.2, 0) is 18.9 Å². The third-order valence-corrected chi connectivity index (χ3v) is 0.963. The van der Waals surface area contributed by atoms with Gasteiger partial charge < -0.3 is 0 Å². The van der Waals surface area contributed by atoms with Crippen LogP contribution < -0.4 is 0 Å². The lowest BCUT2D eigenvalue weighted by molar-refractivity contribution is -0.669. The fourth-order valence-electron chi connectivity index (χ4n) is 0.692. The van der Waals surface area contributed by atoms with Crippen molar-refractivity contribution in [3.05, 3.63) is 0 Å². The van der Waals surface area contributed by atoms with E-state index in [1.807, 2.05) is 18.9 Å². The zero-order valence-corrected chi connectivity index (χ0v) is 8.67. The molecule has 0 atom stereocenters. The first-order valence-electron chi connectivity index (χ1n) is 3.90. The van der Waals surface area contributed by atoms with Crippen LogP contribution in [0.3, 0.4) is 0 Å². The average Bonchev–Trinajstić information content (AvgIpc) is 1.83. The Morgan fingerprint density at radius 2 is 0.476 bits per heavy atom. The highest BCUT2D eigenvalue weighted by atomic mass is 19.4. The first-order chi connectivity index (χ1) is 8.83. The minimum absolute atomic E-state index is 1.93. The van der Waals surface area contributed by atoms with E-state index in [1.165, 1.54) is 0 Å². The van der Waals surface area contributed by atoms with Gasteiger partial charge in [-0.2, -0.15) is 0 Å². The van der Waals surface area contributed by atoms with Gasteiger partial charge in [-0.1, -0.05) is 0 Å². The normalized spacial score (nSPS) is 15.4. The van der Waals surface area contributed by atoms with Gasteiger partial charge in [-0.25, -0.2) is 18.9 Å². The molecule has 0 amide bonds. The third-order valence-electron chi connectivity index (χ3n) is 0.963. The van der Waals surface area contributed by atoms with Crippen LogP contribution in [0.25, 0.3) is 0 Å². The van der Waals surface area contributed by atoms with Crippen LogP contribution in [-0.4, -0.2) is 31.6 Å². The van der Waals surface area contributed by atoms with E-state index in [0.29, 0.717) is 0 Å². The number of hydrogen-bond donors (Lipinski definition) is 0. The van der Waals surface area contributed by atoms with E-state index in [0.717, 1.165) is 0 Å². The Hall–Kier alpha value is -1.00. The number of hydrogen-bond acceptors (Lipinski definition) is 4. The molecular weight excluding hydrogens is 352 g/mol. The molecule has 0 radical (unpaired) electrons. The van der Waals surface area contributed by atoms with Crippen molar-refractivity contribution in [2.24, 2.45) is 0 Å². The molecule has 0 bridgehead atoms. The molecule has 0 unspecified atom stereocenters. The van der Waals surface area contributed by atoms with Crippen LogP contribution in [0.4, 0.5) is 52.7 Å². The maximum atomic E-state index is 11.7. The number of alkyl halides is 12. The van der Waals surface area contributed by atoms with Gasteiger partial charge in [0.1, 0.15) is 0 Å². The van der Waals surface area contributed by atoms with Gasteiger partial charge in [-0.05, 0) is 0 Å². The monoisotopic (exact) mass is 352 g/mol. The molecule has 0 aliphatic heterocycles. The maximum absolute atomic E-state index is 11.7. The van der Waals surface area contributed by atoms with Gasteiger partial charge in [0.25, 0.3) is 0 Å². The van der Waals surface area contributed by atoms with Crippen molar-refractivity contribution in [3.8, 4) is 0 Å². The van der Waals surface area contributed by atoms with Crippen LogP contribution >= 0.6 is 0 Å². The maximum Gasteiger partial charge on any atom is 0.528 e. The Morgan fingerprint density at radius 3 is 0.571 bits per heavy atom. The van der Waals surface area contributed by atoms with E-state index in [-0.39, 0.29) is 0 Å². The molecule has 0 aromatic rings. The first kappa shape index (κ1) is 20.0. The molecule has 0 saturated heterocycles. The summed E-state index contributed by atoms with van der Waals surface area (Å²) in [4.78, 5) is 0. The molecule has 21 heavy (non-hydrogen) atoms. The number of ether oxygens (including phenoxy) is 4. The zero-order valence-electron chi connectivity index (χ0n) is 8.67. The molecule has 0 spiro atoms. The lowest BCUT2D eigenvalue weighted by atomic mass is 10.9. The van der Waals surface area contributed by atoms with E-state index in [1.54, 1.807) is 0 Å². The van der Waals surface area contributed by atoms with Gasteiger partial charge in [-0.15, -0.1) is 52.7 Å². The summed E-state index contributed by atoms with van der Waals surface area (Å²) >= 11 is 0. The highest BCUT2D eigenvalue weighted by molar-refractivity contribution is 4.50. The molecule has 0 heterocycles. The van der Waals surface area contributed by atoms with Gasteiger partial charge in [0.15, 0.2) is 0 Å². The molecule has 4 nitrogen and oxygen atoms in total. The van der Waals surface area contributed by atoms with Crippen LogP contribution in [0.1, 0.15) is 0 Å². The fraction of sp³-hybridized carbons (Fsp3) is 1.00. The zero-order chi connectivity index (χ0) is 17.3. The average molecular weight is 352 g/mol. The van der Waals surface area contributed by atoms with Gasteiger partial charge in [0, 0.05) is 0 Å². The fourth-order valence-corrected chi connectivity index (χ4v) is 0.692. The minimum atomic E-state index is -6.48. The standard InChI is InChI=1S/C5F12O4/c6-1(7,8)18-5(19-2(9,10)11,20-3(12,13)14)21-4(15,16)17. The van der Waals surface area contributed by atoms with Crippen LogP contribution in [0.15, 0.2) is 0 Å². The van der Waals surface area contributed by atoms with Crippen molar-refractivity contribution < 1.29 is 71.6 Å². The molecular formula is C5F12O4. The van der Waals surface area contributed by atoms with Crippen LogP contribution in [0.2, 0.25) is 0 Å². The quantitative estimate of drug-likeness (QED) is 0.571. The molecule has 0 aromatic carbocycles. The van der Waals surface area contributed by atoms with E-state index >= 15 is 0 Å². The summed E-state index contributed by atoms with van der Waals surface area (Å²) in [6.07, 6.45) is -32.0. The second-order valence-corrected chi connectivity index (χ2v) is 2.69. The second-order valence-electron chi connectivity index (χ2n) is 2.69. The van der Waals surface area contributed by atoms with Gasteiger partial charge >= 0.3 is 31.6 Å². The first-order valence-corrected chi connectivity index (χ1v) is 3.90. The Balaban J connectivity index is 5.70. The number of halogens is 12. The molecule has 0 aliphatic carbocycles. The van der Waals surface area contributed by atoms with Gasteiger partial charge in [0.2, 0.25) is 0 Å². The summed E-state index contributed by atoms with van der Waals surface area (Å²) in [7, 11) is 0. The third kappa shape index (κ3) is 10.4. The minimum Gasteiger partial charge on any atom is -0.207 e. The van der Waals surface area contributed by atoms with E-state index in [2.05, 4.69) is 0 Å². The highest BCUT2D eigenvalue weighted by Crippen LogP contribution is 2.41. The smallest absolute Gasteiger partial charge is 0.207 e.